The predicted molar refractivity (Wildman–Crippen MR) is 65.1 cm³/mol. The maximum Gasteiger partial charge on any atom is 0.103 e. The van der Waals surface area contributed by atoms with Gasteiger partial charge in [-0.3, -0.25) is 16.0 Å². The molecular weight excluding hydrogens is 216 g/mol. The lowest BCUT2D eigenvalue weighted by Crippen LogP contribution is -2.37. The van der Waals surface area contributed by atoms with Crippen molar-refractivity contribution in [1.82, 2.24) is 15.2 Å². The van der Waals surface area contributed by atoms with E-state index in [9.17, 15) is 0 Å². The molecule has 17 heavy (non-hydrogen) atoms. The van der Waals surface area contributed by atoms with E-state index >= 15 is 0 Å². The van der Waals surface area contributed by atoms with Crippen molar-refractivity contribution in [2.24, 2.45) is 12.9 Å². The Labute approximate surface area is 101 Å². The lowest BCUT2D eigenvalue weighted by molar-refractivity contribution is 0.444. The quantitative estimate of drug-likeness (QED) is 0.578. The highest BCUT2D eigenvalue weighted by molar-refractivity contribution is 5.03. The minimum Gasteiger partial charge on any atom is -0.469 e. The predicted octanol–water partition coefficient (Wildman–Crippen LogP) is 1.02. The Bertz CT molecular complexity index is 435. The van der Waals surface area contributed by atoms with Crippen molar-refractivity contribution in [3.63, 3.8) is 0 Å². The zero-order chi connectivity index (χ0) is 12.1. The molecule has 0 aliphatic heterocycles. The van der Waals surface area contributed by atoms with Gasteiger partial charge in [0, 0.05) is 32.1 Å². The molecule has 2 aromatic rings. The standard InChI is InChI=1S/C12H18N4O/c1-16-7-6-11(15-16)9-10(14-13)4-5-12-3-2-8-17-12/h2-3,6-8,10,14H,4-5,9,13H2,1H3. The van der Waals surface area contributed by atoms with E-state index in [1.807, 2.05) is 31.4 Å². The molecule has 0 saturated heterocycles. The van der Waals surface area contributed by atoms with Crippen LogP contribution in [0.3, 0.4) is 0 Å². The van der Waals surface area contributed by atoms with E-state index < -0.39 is 0 Å². The van der Waals surface area contributed by atoms with Crippen LogP contribution >= 0.6 is 0 Å². The molecule has 92 valence electrons. The summed E-state index contributed by atoms with van der Waals surface area (Å²) in [5, 5.41) is 4.34. The van der Waals surface area contributed by atoms with Crippen LogP contribution in [0.15, 0.2) is 35.1 Å². The molecule has 0 aliphatic rings. The average Bonchev–Trinajstić information content (AvgIpc) is 2.96. The molecule has 5 heteroatoms. The molecule has 3 N–H and O–H groups in total. The maximum absolute atomic E-state index is 5.55. The molecule has 0 bridgehead atoms. The summed E-state index contributed by atoms with van der Waals surface area (Å²) in [6, 6.07) is 6.11. The molecule has 0 saturated carbocycles. The molecule has 0 amide bonds. The molecule has 2 rings (SSSR count). The summed E-state index contributed by atoms with van der Waals surface area (Å²) in [4.78, 5) is 0. The molecule has 0 aliphatic carbocycles. The van der Waals surface area contributed by atoms with E-state index in [2.05, 4.69) is 10.5 Å². The minimum absolute atomic E-state index is 0.218. The summed E-state index contributed by atoms with van der Waals surface area (Å²) in [5.41, 5.74) is 3.88. The average molecular weight is 234 g/mol. The zero-order valence-corrected chi connectivity index (χ0v) is 9.97. The number of hydrogen-bond acceptors (Lipinski definition) is 4. The number of hydrogen-bond donors (Lipinski definition) is 2. The molecule has 0 spiro atoms. The Morgan fingerprint density at radius 2 is 2.41 bits per heavy atom. The second-order valence-corrected chi connectivity index (χ2v) is 4.17. The summed E-state index contributed by atoms with van der Waals surface area (Å²) >= 11 is 0. The van der Waals surface area contributed by atoms with Crippen molar-refractivity contribution >= 4 is 0 Å². The van der Waals surface area contributed by atoms with Gasteiger partial charge in [0.15, 0.2) is 0 Å². The number of nitrogens with zero attached hydrogens (tertiary/aromatic N) is 2. The van der Waals surface area contributed by atoms with Crippen molar-refractivity contribution < 1.29 is 4.42 Å². The fourth-order valence-electron chi connectivity index (χ4n) is 1.84. The summed E-state index contributed by atoms with van der Waals surface area (Å²) in [6.07, 6.45) is 6.28. The Morgan fingerprint density at radius 3 is 3.00 bits per heavy atom. The third-order valence-corrected chi connectivity index (χ3v) is 2.78. The highest BCUT2D eigenvalue weighted by Gasteiger charge is 2.10. The van der Waals surface area contributed by atoms with Crippen LogP contribution in [-0.2, 0) is 19.9 Å². The summed E-state index contributed by atoms with van der Waals surface area (Å²) in [6.45, 7) is 0. The van der Waals surface area contributed by atoms with Gasteiger partial charge in [0.1, 0.15) is 5.76 Å². The van der Waals surface area contributed by atoms with Crippen molar-refractivity contribution in [3.8, 4) is 0 Å². The Kier molecular flexibility index (Phi) is 3.95. The van der Waals surface area contributed by atoms with Gasteiger partial charge in [0.2, 0.25) is 0 Å². The zero-order valence-electron chi connectivity index (χ0n) is 9.97. The Balaban J connectivity index is 1.84. The maximum atomic E-state index is 5.55. The van der Waals surface area contributed by atoms with Crippen LogP contribution in [0.25, 0.3) is 0 Å². The second kappa shape index (κ2) is 5.65. The van der Waals surface area contributed by atoms with Gasteiger partial charge >= 0.3 is 0 Å². The first-order chi connectivity index (χ1) is 8.28. The van der Waals surface area contributed by atoms with Crippen LogP contribution < -0.4 is 11.3 Å². The second-order valence-electron chi connectivity index (χ2n) is 4.17. The summed E-state index contributed by atoms with van der Waals surface area (Å²) in [7, 11) is 1.91. The van der Waals surface area contributed by atoms with E-state index in [1.54, 1.807) is 10.9 Å². The number of rotatable bonds is 6. The van der Waals surface area contributed by atoms with Crippen molar-refractivity contribution in [2.45, 2.75) is 25.3 Å². The van der Waals surface area contributed by atoms with E-state index in [1.165, 1.54) is 0 Å². The van der Waals surface area contributed by atoms with E-state index in [0.717, 1.165) is 30.7 Å². The summed E-state index contributed by atoms with van der Waals surface area (Å²) < 4.78 is 7.10. The first kappa shape index (κ1) is 11.9. The van der Waals surface area contributed by atoms with Crippen LogP contribution in [0.4, 0.5) is 0 Å². The van der Waals surface area contributed by atoms with E-state index in [4.69, 9.17) is 10.3 Å². The molecule has 2 aromatic heterocycles. The van der Waals surface area contributed by atoms with Crippen LogP contribution in [0.2, 0.25) is 0 Å². The van der Waals surface area contributed by atoms with Gasteiger partial charge in [-0.1, -0.05) is 0 Å². The topological polar surface area (TPSA) is 69.0 Å². The van der Waals surface area contributed by atoms with Crippen LogP contribution in [0.5, 0.6) is 0 Å². The molecule has 1 unspecified atom stereocenters. The van der Waals surface area contributed by atoms with Gasteiger partial charge in [0.25, 0.3) is 0 Å². The first-order valence-electron chi connectivity index (χ1n) is 5.75. The van der Waals surface area contributed by atoms with Gasteiger partial charge in [-0.05, 0) is 24.6 Å². The molecule has 0 fully saturated rings. The number of aryl methyl sites for hydroxylation is 2. The number of furan rings is 1. The SMILES string of the molecule is Cn1ccc(CC(CCc2ccco2)NN)n1. The highest BCUT2D eigenvalue weighted by atomic mass is 16.3. The van der Waals surface area contributed by atoms with Crippen molar-refractivity contribution in [1.29, 1.82) is 0 Å². The monoisotopic (exact) mass is 234 g/mol. The molecule has 0 aromatic carbocycles. The highest BCUT2D eigenvalue weighted by Crippen LogP contribution is 2.08. The first-order valence-corrected chi connectivity index (χ1v) is 5.75. The lowest BCUT2D eigenvalue weighted by atomic mass is 10.1. The fraction of sp³-hybridized carbons (Fsp3) is 0.417. The van der Waals surface area contributed by atoms with Crippen LogP contribution in [-0.4, -0.2) is 15.8 Å². The van der Waals surface area contributed by atoms with Crippen LogP contribution in [0, 0.1) is 0 Å². The number of nitrogens with one attached hydrogen (secondary N) is 1. The number of hydrazine groups is 1. The van der Waals surface area contributed by atoms with Crippen molar-refractivity contribution in [2.75, 3.05) is 0 Å². The Hall–Kier alpha value is -1.59. The van der Waals surface area contributed by atoms with E-state index in [-0.39, 0.29) is 6.04 Å². The third-order valence-electron chi connectivity index (χ3n) is 2.78. The molecule has 2 heterocycles. The third kappa shape index (κ3) is 3.44. The van der Waals surface area contributed by atoms with Crippen molar-refractivity contribution in [3.05, 3.63) is 42.1 Å². The molecule has 5 nitrogen and oxygen atoms in total. The van der Waals surface area contributed by atoms with Gasteiger partial charge < -0.3 is 4.42 Å². The fourth-order valence-corrected chi connectivity index (χ4v) is 1.84. The normalized spacial score (nSPS) is 12.8. The molecular formula is C12H18N4O. The largest absolute Gasteiger partial charge is 0.469 e. The lowest BCUT2D eigenvalue weighted by Gasteiger charge is -2.13. The number of nitrogens with two attached hydrogens (primary N) is 1. The van der Waals surface area contributed by atoms with Gasteiger partial charge in [-0.2, -0.15) is 5.10 Å². The van der Waals surface area contributed by atoms with Gasteiger partial charge in [0.05, 0.1) is 12.0 Å². The molecule has 1 atom stereocenters. The van der Waals surface area contributed by atoms with Gasteiger partial charge in [-0.25, -0.2) is 0 Å². The smallest absolute Gasteiger partial charge is 0.103 e. The minimum atomic E-state index is 0.218. The Morgan fingerprint density at radius 1 is 1.53 bits per heavy atom. The summed E-state index contributed by atoms with van der Waals surface area (Å²) in [5.74, 6) is 6.54. The van der Waals surface area contributed by atoms with Gasteiger partial charge in [-0.15, -0.1) is 0 Å². The van der Waals surface area contributed by atoms with Crippen LogP contribution in [0.1, 0.15) is 17.9 Å². The molecule has 0 radical (unpaired) electrons. The van der Waals surface area contributed by atoms with E-state index in [0.29, 0.717) is 0 Å². The number of aromatic nitrogens is 2.